The zero-order valence-corrected chi connectivity index (χ0v) is 5.04. The lowest BCUT2D eigenvalue weighted by Gasteiger charge is -1.83. The maximum Gasteiger partial charge on any atom is 0.491 e. The SMILES string of the molecule is O=C(O)n1cnc([N+](=O)[O-])n1. The number of hydrogen-bond acceptors (Lipinski definition) is 5. The van der Waals surface area contributed by atoms with Crippen molar-refractivity contribution in [2.45, 2.75) is 0 Å². The van der Waals surface area contributed by atoms with Gasteiger partial charge in [0.05, 0.1) is 0 Å². The van der Waals surface area contributed by atoms with Gasteiger partial charge in [-0.3, -0.25) is 0 Å². The number of carboxylic acid groups (broad SMARTS) is 1. The summed E-state index contributed by atoms with van der Waals surface area (Å²) in [6, 6.07) is 0. The Kier molecular flexibility index (Phi) is 1.51. The number of nitrogens with zero attached hydrogens (tertiary/aromatic N) is 4. The van der Waals surface area contributed by atoms with Crippen LogP contribution in [0.15, 0.2) is 6.33 Å². The van der Waals surface area contributed by atoms with E-state index in [0.29, 0.717) is 4.68 Å². The summed E-state index contributed by atoms with van der Waals surface area (Å²) in [5.41, 5.74) is 0. The molecule has 0 atom stereocenters. The van der Waals surface area contributed by atoms with E-state index in [1.54, 1.807) is 0 Å². The standard InChI is InChI=1S/C3H2N4O4/c8-3(9)6-1-4-2(5-6)7(10)11/h1H,(H,8,9). The van der Waals surface area contributed by atoms with Gasteiger partial charge in [0, 0.05) is 5.10 Å². The maximum absolute atomic E-state index is 10.1. The van der Waals surface area contributed by atoms with Crippen LogP contribution in [0, 0.1) is 10.1 Å². The molecule has 1 heterocycles. The summed E-state index contributed by atoms with van der Waals surface area (Å²) in [4.78, 5) is 22.2. The number of aromatic nitrogens is 3. The Balaban J connectivity index is 2.99. The van der Waals surface area contributed by atoms with Crippen LogP contribution in [0.2, 0.25) is 0 Å². The molecule has 1 rings (SSSR count). The molecule has 0 unspecified atom stereocenters. The fourth-order valence-corrected chi connectivity index (χ4v) is 0.430. The quantitative estimate of drug-likeness (QED) is 0.444. The Labute approximate surface area is 59.2 Å². The zero-order valence-electron chi connectivity index (χ0n) is 5.04. The van der Waals surface area contributed by atoms with Gasteiger partial charge in [-0.1, -0.05) is 9.67 Å². The van der Waals surface area contributed by atoms with Crippen LogP contribution in [0.5, 0.6) is 0 Å². The van der Waals surface area contributed by atoms with Crippen molar-refractivity contribution in [3.63, 3.8) is 0 Å². The first-order valence-corrected chi connectivity index (χ1v) is 2.40. The third-order valence-electron chi connectivity index (χ3n) is 0.839. The predicted octanol–water partition coefficient (Wildman–Crippen LogP) is -0.288. The number of nitro groups is 1. The lowest BCUT2D eigenvalue weighted by molar-refractivity contribution is -0.394. The van der Waals surface area contributed by atoms with Gasteiger partial charge in [-0.2, -0.15) is 0 Å². The van der Waals surface area contributed by atoms with Crippen LogP contribution in [0.3, 0.4) is 0 Å². The minimum Gasteiger partial charge on any atom is -0.463 e. The molecule has 8 heteroatoms. The van der Waals surface area contributed by atoms with E-state index in [-0.39, 0.29) is 0 Å². The van der Waals surface area contributed by atoms with Gasteiger partial charge in [0.25, 0.3) is 0 Å². The van der Waals surface area contributed by atoms with E-state index in [1.165, 1.54) is 0 Å². The summed E-state index contributed by atoms with van der Waals surface area (Å²) in [6.45, 7) is 0. The van der Waals surface area contributed by atoms with Gasteiger partial charge in [-0.15, -0.1) is 0 Å². The molecule has 1 aromatic rings. The Bertz CT molecular complexity index is 276. The molecular formula is C3H2N4O4. The number of hydrogen-bond donors (Lipinski definition) is 1. The third-order valence-corrected chi connectivity index (χ3v) is 0.839. The van der Waals surface area contributed by atoms with Gasteiger partial charge in [-0.25, -0.2) is 4.79 Å². The lowest BCUT2D eigenvalue weighted by atomic mass is 11.1. The van der Waals surface area contributed by atoms with Crippen LogP contribution in [0.4, 0.5) is 10.7 Å². The van der Waals surface area contributed by atoms with Crippen molar-refractivity contribution < 1.29 is 14.8 Å². The minimum absolute atomic E-state index is 0.359. The summed E-state index contributed by atoms with van der Waals surface area (Å²) in [6.07, 6.45) is -0.661. The molecule has 0 amide bonds. The molecule has 0 saturated carbocycles. The number of rotatable bonds is 1. The highest BCUT2D eigenvalue weighted by molar-refractivity contribution is 5.66. The van der Waals surface area contributed by atoms with E-state index in [4.69, 9.17) is 5.11 Å². The molecular weight excluding hydrogens is 156 g/mol. The molecule has 0 aliphatic heterocycles. The fraction of sp³-hybridized carbons (Fsp3) is 0. The van der Waals surface area contributed by atoms with E-state index in [9.17, 15) is 14.9 Å². The maximum atomic E-state index is 10.1. The summed E-state index contributed by atoms with van der Waals surface area (Å²) in [7, 11) is 0. The first-order chi connectivity index (χ1) is 5.11. The molecule has 0 saturated heterocycles. The van der Waals surface area contributed by atoms with Crippen LogP contribution in [0.25, 0.3) is 0 Å². The molecule has 0 aliphatic rings. The van der Waals surface area contributed by atoms with Gasteiger partial charge >= 0.3 is 12.0 Å². The van der Waals surface area contributed by atoms with Gasteiger partial charge in [0.1, 0.15) is 0 Å². The highest BCUT2D eigenvalue weighted by Gasteiger charge is 2.16. The molecule has 11 heavy (non-hydrogen) atoms. The molecule has 1 N–H and O–H groups in total. The molecule has 8 nitrogen and oxygen atoms in total. The summed E-state index contributed by atoms with van der Waals surface area (Å²) in [5.74, 6) is -0.729. The van der Waals surface area contributed by atoms with Gasteiger partial charge in [0.2, 0.25) is 6.33 Å². The summed E-state index contributed by atoms with van der Waals surface area (Å²) >= 11 is 0. The van der Waals surface area contributed by atoms with Crippen LogP contribution in [0.1, 0.15) is 0 Å². The Morgan fingerprint density at radius 2 is 2.45 bits per heavy atom. The molecule has 58 valence electrons. The van der Waals surface area contributed by atoms with Gasteiger partial charge < -0.3 is 15.2 Å². The van der Waals surface area contributed by atoms with Crippen molar-refractivity contribution in [2.75, 3.05) is 0 Å². The summed E-state index contributed by atoms with van der Waals surface area (Å²) in [5, 5.41) is 21.1. The second kappa shape index (κ2) is 2.33. The zero-order chi connectivity index (χ0) is 8.43. The molecule has 0 aliphatic carbocycles. The van der Waals surface area contributed by atoms with Gasteiger partial charge in [0.15, 0.2) is 0 Å². The Hall–Kier alpha value is -1.99. The van der Waals surface area contributed by atoms with E-state index < -0.39 is 17.0 Å². The predicted molar refractivity (Wildman–Crippen MR) is 30.1 cm³/mol. The van der Waals surface area contributed by atoms with Crippen molar-refractivity contribution >= 4 is 12.0 Å². The van der Waals surface area contributed by atoms with Crippen molar-refractivity contribution in [3.05, 3.63) is 16.4 Å². The van der Waals surface area contributed by atoms with E-state index in [1.807, 2.05) is 0 Å². The Morgan fingerprint density at radius 3 is 2.73 bits per heavy atom. The normalized spacial score (nSPS) is 9.45. The Morgan fingerprint density at radius 1 is 1.82 bits per heavy atom. The average Bonchev–Trinajstić information content (AvgIpc) is 2.33. The number of carbonyl (C=O) groups is 1. The van der Waals surface area contributed by atoms with Crippen LogP contribution in [-0.2, 0) is 0 Å². The average molecular weight is 158 g/mol. The molecule has 0 fully saturated rings. The second-order valence-electron chi connectivity index (χ2n) is 1.53. The van der Waals surface area contributed by atoms with Crippen LogP contribution in [-0.4, -0.2) is 30.9 Å². The van der Waals surface area contributed by atoms with Crippen LogP contribution >= 0.6 is 0 Å². The molecule has 0 aromatic carbocycles. The van der Waals surface area contributed by atoms with Crippen molar-refractivity contribution in [3.8, 4) is 0 Å². The topological polar surface area (TPSA) is 111 Å². The van der Waals surface area contributed by atoms with Gasteiger partial charge in [-0.05, 0) is 4.92 Å². The van der Waals surface area contributed by atoms with Crippen molar-refractivity contribution in [2.24, 2.45) is 0 Å². The van der Waals surface area contributed by atoms with E-state index in [0.717, 1.165) is 6.33 Å². The lowest BCUT2D eigenvalue weighted by Crippen LogP contribution is -2.08. The first kappa shape index (κ1) is 7.12. The van der Waals surface area contributed by atoms with Crippen molar-refractivity contribution in [1.82, 2.24) is 14.8 Å². The fourth-order valence-electron chi connectivity index (χ4n) is 0.430. The minimum atomic E-state index is -1.41. The highest BCUT2D eigenvalue weighted by Crippen LogP contribution is 1.98. The summed E-state index contributed by atoms with van der Waals surface area (Å²) < 4.78 is 0.359. The molecule has 1 aromatic heterocycles. The molecule has 0 radical (unpaired) electrons. The van der Waals surface area contributed by atoms with Crippen molar-refractivity contribution in [1.29, 1.82) is 0 Å². The largest absolute Gasteiger partial charge is 0.491 e. The highest BCUT2D eigenvalue weighted by atomic mass is 16.6. The second-order valence-corrected chi connectivity index (χ2v) is 1.53. The molecule has 0 bridgehead atoms. The molecule has 0 spiro atoms. The van der Waals surface area contributed by atoms with E-state index >= 15 is 0 Å². The van der Waals surface area contributed by atoms with E-state index in [2.05, 4.69) is 10.1 Å². The van der Waals surface area contributed by atoms with Crippen LogP contribution < -0.4 is 0 Å². The third kappa shape index (κ3) is 1.28. The first-order valence-electron chi connectivity index (χ1n) is 2.40. The smallest absolute Gasteiger partial charge is 0.463 e. The monoisotopic (exact) mass is 158 g/mol.